The van der Waals surface area contributed by atoms with Crippen LogP contribution in [0.1, 0.15) is 23.3 Å². The van der Waals surface area contributed by atoms with Gasteiger partial charge >= 0.3 is 0 Å². The summed E-state index contributed by atoms with van der Waals surface area (Å²) in [7, 11) is 0. The molecular formula is C17H19NO4. The Labute approximate surface area is 129 Å². The van der Waals surface area contributed by atoms with E-state index < -0.39 is 6.10 Å². The van der Waals surface area contributed by atoms with E-state index in [2.05, 4.69) is 5.32 Å². The smallest absolute Gasteiger partial charge is 0.231 e. The van der Waals surface area contributed by atoms with E-state index in [9.17, 15) is 5.11 Å². The van der Waals surface area contributed by atoms with Gasteiger partial charge in [-0.2, -0.15) is 0 Å². The van der Waals surface area contributed by atoms with Crippen LogP contribution in [-0.4, -0.2) is 30.2 Å². The fourth-order valence-corrected chi connectivity index (χ4v) is 2.58. The Hall–Kier alpha value is -2.08. The van der Waals surface area contributed by atoms with Crippen molar-refractivity contribution in [2.75, 3.05) is 19.9 Å². The minimum Gasteiger partial charge on any atom is -0.454 e. The van der Waals surface area contributed by atoms with Crippen LogP contribution in [0.5, 0.6) is 11.5 Å². The summed E-state index contributed by atoms with van der Waals surface area (Å²) in [6.45, 7) is 0.611. The standard InChI is InChI=1S/C17H19NO4/c19-9-8-18-16(17(20)12-4-2-1-3-5-12)13-6-7-14-15(10-13)22-11-21-14/h1-7,10,16-20H,8-9,11H2/t16-,17-/m1/s1. The van der Waals surface area contributed by atoms with Crippen molar-refractivity contribution in [3.8, 4) is 11.5 Å². The zero-order chi connectivity index (χ0) is 15.4. The first kappa shape index (κ1) is 14.8. The molecule has 0 fully saturated rings. The molecule has 0 bridgehead atoms. The number of ether oxygens (including phenoxy) is 2. The Morgan fingerprint density at radius 3 is 2.55 bits per heavy atom. The molecule has 1 heterocycles. The van der Waals surface area contributed by atoms with E-state index in [4.69, 9.17) is 14.6 Å². The van der Waals surface area contributed by atoms with Gasteiger partial charge in [0.15, 0.2) is 11.5 Å². The Balaban J connectivity index is 1.89. The van der Waals surface area contributed by atoms with E-state index >= 15 is 0 Å². The summed E-state index contributed by atoms with van der Waals surface area (Å²) >= 11 is 0. The molecule has 0 spiro atoms. The van der Waals surface area contributed by atoms with Crippen molar-refractivity contribution in [1.29, 1.82) is 0 Å². The number of fused-ring (bicyclic) bond motifs is 1. The van der Waals surface area contributed by atoms with E-state index in [-0.39, 0.29) is 19.4 Å². The molecule has 5 nitrogen and oxygen atoms in total. The number of nitrogens with one attached hydrogen (secondary N) is 1. The summed E-state index contributed by atoms with van der Waals surface area (Å²) in [4.78, 5) is 0. The fraction of sp³-hybridized carbons (Fsp3) is 0.294. The predicted molar refractivity (Wildman–Crippen MR) is 81.8 cm³/mol. The highest BCUT2D eigenvalue weighted by molar-refractivity contribution is 5.45. The normalized spacial score (nSPS) is 15.5. The van der Waals surface area contributed by atoms with Crippen LogP contribution in [0, 0.1) is 0 Å². The molecule has 2 atom stereocenters. The molecule has 22 heavy (non-hydrogen) atoms. The highest BCUT2D eigenvalue weighted by Crippen LogP contribution is 2.37. The molecule has 0 unspecified atom stereocenters. The highest BCUT2D eigenvalue weighted by Gasteiger charge is 2.24. The van der Waals surface area contributed by atoms with Crippen LogP contribution in [-0.2, 0) is 0 Å². The lowest BCUT2D eigenvalue weighted by atomic mass is 9.95. The summed E-state index contributed by atoms with van der Waals surface area (Å²) < 4.78 is 10.7. The lowest BCUT2D eigenvalue weighted by molar-refractivity contribution is 0.124. The summed E-state index contributed by atoms with van der Waals surface area (Å²) in [5.74, 6) is 1.38. The molecule has 0 amide bonds. The second-order valence-electron chi connectivity index (χ2n) is 5.12. The average molecular weight is 301 g/mol. The van der Waals surface area contributed by atoms with E-state index in [1.807, 2.05) is 48.5 Å². The van der Waals surface area contributed by atoms with Gasteiger partial charge in [-0.1, -0.05) is 36.4 Å². The maximum absolute atomic E-state index is 10.7. The molecule has 0 aliphatic carbocycles. The number of aliphatic hydroxyl groups excluding tert-OH is 2. The molecular weight excluding hydrogens is 282 g/mol. The molecule has 0 saturated carbocycles. The lowest BCUT2D eigenvalue weighted by Gasteiger charge is -2.25. The fourth-order valence-electron chi connectivity index (χ4n) is 2.58. The third kappa shape index (κ3) is 3.06. The molecule has 0 saturated heterocycles. The van der Waals surface area contributed by atoms with Crippen molar-refractivity contribution >= 4 is 0 Å². The van der Waals surface area contributed by atoms with Crippen LogP contribution in [0.15, 0.2) is 48.5 Å². The maximum Gasteiger partial charge on any atom is 0.231 e. The third-order valence-electron chi connectivity index (χ3n) is 3.69. The van der Waals surface area contributed by atoms with Crippen molar-refractivity contribution in [3.05, 3.63) is 59.7 Å². The minimum absolute atomic E-state index is 0.00254. The summed E-state index contributed by atoms with van der Waals surface area (Å²) in [6.07, 6.45) is -0.729. The predicted octanol–water partition coefficient (Wildman–Crippen LogP) is 1.77. The van der Waals surface area contributed by atoms with Gasteiger partial charge in [-0.25, -0.2) is 0 Å². The Morgan fingerprint density at radius 2 is 1.77 bits per heavy atom. The average Bonchev–Trinajstić information content (AvgIpc) is 3.03. The molecule has 1 aliphatic heterocycles. The first-order chi connectivity index (χ1) is 10.8. The Kier molecular flexibility index (Phi) is 4.58. The number of benzene rings is 2. The topological polar surface area (TPSA) is 71.0 Å². The van der Waals surface area contributed by atoms with Gasteiger partial charge in [0.25, 0.3) is 0 Å². The van der Waals surface area contributed by atoms with Crippen molar-refractivity contribution in [2.24, 2.45) is 0 Å². The zero-order valence-corrected chi connectivity index (χ0v) is 12.1. The van der Waals surface area contributed by atoms with Gasteiger partial charge < -0.3 is 25.0 Å². The van der Waals surface area contributed by atoms with Crippen LogP contribution in [0.2, 0.25) is 0 Å². The monoisotopic (exact) mass is 301 g/mol. The number of aliphatic hydroxyl groups is 2. The van der Waals surface area contributed by atoms with E-state index in [0.717, 1.165) is 11.1 Å². The molecule has 116 valence electrons. The Morgan fingerprint density at radius 1 is 1.00 bits per heavy atom. The van der Waals surface area contributed by atoms with Crippen molar-refractivity contribution < 1.29 is 19.7 Å². The summed E-state index contributed by atoms with van der Waals surface area (Å²) in [5, 5.41) is 23.0. The van der Waals surface area contributed by atoms with Crippen LogP contribution in [0.4, 0.5) is 0 Å². The van der Waals surface area contributed by atoms with Gasteiger partial charge in [0.1, 0.15) is 0 Å². The quantitative estimate of drug-likeness (QED) is 0.758. The number of rotatable bonds is 6. The SMILES string of the molecule is OCCN[C@H](c1ccc2c(c1)OCO2)[C@H](O)c1ccccc1. The number of hydrogen-bond donors (Lipinski definition) is 3. The second kappa shape index (κ2) is 6.79. The molecule has 0 aromatic heterocycles. The molecule has 3 rings (SSSR count). The maximum atomic E-state index is 10.7. The molecule has 1 aliphatic rings. The van der Waals surface area contributed by atoms with Gasteiger partial charge in [-0.05, 0) is 23.3 Å². The zero-order valence-electron chi connectivity index (χ0n) is 12.1. The van der Waals surface area contributed by atoms with Crippen molar-refractivity contribution in [3.63, 3.8) is 0 Å². The molecule has 2 aromatic carbocycles. The Bertz CT molecular complexity index is 617. The first-order valence-corrected chi connectivity index (χ1v) is 7.26. The molecule has 3 N–H and O–H groups in total. The molecule has 2 aromatic rings. The van der Waals surface area contributed by atoms with Crippen LogP contribution >= 0.6 is 0 Å². The van der Waals surface area contributed by atoms with E-state index in [0.29, 0.717) is 18.0 Å². The summed E-state index contributed by atoms with van der Waals surface area (Å²) in [6, 6.07) is 14.7. The van der Waals surface area contributed by atoms with Gasteiger partial charge in [0, 0.05) is 6.54 Å². The van der Waals surface area contributed by atoms with E-state index in [1.54, 1.807) is 0 Å². The second-order valence-corrected chi connectivity index (χ2v) is 5.12. The van der Waals surface area contributed by atoms with Gasteiger partial charge in [0.2, 0.25) is 6.79 Å². The first-order valence-electron chi connectivity index (χ1n) is 7.26. The van der Waals surface area contributed by atoms with Gasteiger partial charge in [-0.3, -0.25) is 0 Å². The van der Waals surface area contributed by atoms with Crippen LogP contribution in [0.3, 0.4) is 0 Å². The van der Waals surface area contributed by atoms with Crippen molar-refractivity contribution in [1.82, 2.24) is 5.32 Å². The largest absolute Gasteiger partial charge is 0.454 e. The van der Waals surface area contributed by atoms with E-state index in [1.165, 1.54) is 0 Å². The molecule has 0 radical (unpaired) electrons. The van der Waals surface area contributed by atoms with Crippen LogP contribution < -0.4 is 14.8 Å². The molecule has 5 heteroatoms. The third-order valence-corrected chi connectivity index (χ3v) is 3.69. The highest BCUT2D eigenvalue weighted by atomic mass is 16.7. The number of hydrogen-bond acceptors (Lipinski definition) is 5. The van der Waals surface area contributed by atoms with Crippen LogP contribution in [0.25, 0.3) is 0 Å². The van der Waals surface area contributed by atoms with Gasteiger partial charge in [0.05, 0.1) is 18.8 Å². The van der Waals surface area contributed by atoms with Crippen molar-refractivity contribution in [2.45, 2.75) is 12.1 Å². The van der Waals surface area contributed by atoms with Gasteiger partial charge in [-0.15, -0.1) is 0 Å². The summed E-state index contributed by atoms with van der Waals surface area (Å²) in [5.41, 5.74) is 1.70. The minimum atomic E-state index is -0.729. The lowest BCUT2D eigenvalue weighted by Crippen LogP contribution is -2.29.